The highest BCUT2D eigenvalue weighted by atomic mass is 19.1. The molecule has 2 bridgehead atoms. The van der Waals surface area contributed by atoms with Crippen molar-refractivity contribution in [1.82, 2.24) is 0 Å². The van der Waals surface area contributed by atoms with Gasteiger partial charge in [-0.3, -0.25) is 4.79 Å². The van der Waals surface area contributed by atoms with Gasteiger partial charge in [0.15, 0.2) is 12.0 Å². The fourth-order valence-corrected chi connectivity index (χ4v) is 1.64. The number of carbonyl (C=O) groups excluding carboxylic acids is 1. The van der Waals surface area contributed by atoms with E-state index >= 15 is 0 Å². The molecule has 0 aromatic rings. The first kappa shape index (κ1) is 6.28. The number of halogens is 1. The quantitative estimate of drug-likeness (QED) is 0.503. The van der Waals surface area contributed by atoms with Crippen LogP contribution in [0.1, 0.15) is 19.3 Å². The van der Waals surface area contributed by atoms with Crippen LogP contribution in [0, 0.1) is 0 Å². The number of fused-ring (bicyclic) bond motifs is 2. The summed E-state index contributed by atoms with van der Waals surface area (Å²) in [6, 6.07) is 0. The Morgan fingerprint density at radius 3 is 3.10 bits per heavy atom. The maximum Gasteiger partial charge on any atom is 0.184 e. The van der Waals surface area contributed by atoms with Crippen molar-refractivity contribution in [1.29, 1.82) is 0 Å². The fourth-order valence-electron chi connectivity index (χ4n) is 1.64. The molecule has 0 spiro atoms. The van der Waals surface area contributed by atoms with Gasteiger partial charge in [-0.1, -0.05) is 0 Å². The molecule has 2 fully saturated rings. The summed E-state index contributed by atoms with van der Waals surface area (Å²) in [6.07, 6.45) is 0.154. The Balaban J connectivity index is 2.17. The van der Waals surface area contributed by atoms with Crippen LogP contribution in [-0.2, 0) is 9.53 Å². The van der Waals surface area contributed by atoms with E-state index < -0.39 is 12.3 Å². The lowest BCUT2D eigenvalue weighted by atomic mass is 10.1. The number of carbonyl (C=O) groups is 1. The van der Waals surface area contributed by atoms with E-state index in [1.807, 2.05) is 0 Å². The lowest BCUT2D eigenvalue weighted by molar-refractivity contribution is -0.139. The Bertz CT molecular complexity index is 169. The minimum atomic E-state index is -1.33. The molecule has 0 amide bonds. The molecular formula is C7H9FO2. The van der Waals surface area contributed by atoms with Crippen LogP contribution < -0.4 is 0 Å². The predicted molar refractivity (Wildman–Crippen MR) is 32.4 cm³/mol. The highest BCUT2D eigenvalue weighted by molar-refractivity contribution is 5.85. The zero-order valence-corrected chi connectivity index (χ0v) is 5.55. The van der Waals surface area contributed by atoms with Gasteiger partial charge in [-0.15, -0.1) is 0 Å². The molecule has 56 valence electrons. The number of Topliss-reactive ketones (excluding diaryl/α,β-unsaturated/α-hetero) is 1. The van der Waals surface area contributed by atoms with Crippen molar-refractivity contribution in [3.8, 4) is 0 Å². The van der Waals surface area contributed by atoms with Crippen molar-refractivity contribution < 1.29 is 13.9 Å². The normalized spacial score (nSPS) is 46.1. The number of hydrogen-bond donors (Lipinski definition) is 0. The van der Waals surface area contributed by atoms with Gasteiger partial charge in [0, 0.05) is 6.42 Å². The summed E-state index contributed by atoms with van der Waals surface area (Å²) in [5.74, 6) is -0.265. The topological polar surface area (TPSA) is 26.3 Å². The average Bonchev–Trinajstić information content (AvgIpc) is 2.29. The molecule has 0 saturated carbocycles. The smallest absolute Gasteiger partial charge is 0.184 e. The van der Waals surface area contributed by atoms with Gasteiger partial charge in [0.25, 0.3) is 0 Å². The van der Waals surface area contributed by atoms with Crippen LogP contribution >= 0.6 is 0 Å². The summed E-state index contributed by atoms with van der Waals surface area (Å²) in [4.78, 5) is 10.8. The van der Waals surface area contributed by atoms with E-state index in [0.717, 1.165) is 12.8 Å². The summed E-state index contributed by atoms with van der Waals surface area (Å²) < 4.78 is 18.0. The Morgan fingerprint density at radius 1 is 1.50 bits per heavy atom. The van der Waals surface area contributed by atoms with Crippen LogP contribution in [0.5, 0.6) is 0 Å². The van der Waals surface area contributed by atoms with Crippen molar-refractivity contribution in [2.24, 2.45) is 0 Å². The van der Waals surface area contributed by atoms with Crippen molar-refractivity contribution >= 4 is 5.78 Å². The SMILES string of the molecule is O=C1C[C@H]2CC[C@H](O2)C1F. The number of rotatable bonds is 0. The summed E-state index contributed by atoms with van der Waals surface area (Å²) in [6.45, 7) is 0. The molecular weight excluding hydrogens is 135 g/mol. The van der Waals surface area contributed by atoms with Gasteiger partial charge in [-0.05, 0) is 12.8 Å². The van der Waals surface area contributed by atoms with Crippen molar-refractivity contribution in [3.05, 3.63) is 0 Å². The van der Waals surface area contributed by atoms with E-state index in [1.165, 1.54) is 0 Å². The van der Waals surface area contributed by atoms with E-state index in [9.17, 15) is 9.18 Å². The second-order valence-electron chi connectivity index (χ2n) is 2.95. The summed E-state index contributed by atoms with van der Waals surface area (Å²) in [5.41, 5.74) is 0. The molecule has 0 radical (unpaired) electrons. The molecule has 2 nitrogen and oxygen atoms in total. The average molecular weight is 144 g/mol. The highest BCUT2D eigenvalue weighted by Gasteiger charge is 2.42. The largest absolute Gasteiger partial charge is 0.371 e. The molecule has 2 aliphatic heterocycles. The first-order valence-electron chi connectivity index (χ1n) is 3.59. The van der Waals surface area contributed by atoms with Gasteiger partial charge in [0.1, 0.15) is 0 Å². The third kappa shape index (κ3) is 0.770. The molecule has 0 N–H and O–H groups in total. The molecule has 3 heteroatoms. The molecule has 0 aliphatic carbocycles. The van der Waals surface area contributed by atoms with Gasteiger partial charge >= 0.3 is 0 Å². The van der Waals surface area contributed by atoms with Crippen molar-refractivity contribution in [2.75, 3.05) is 0 Å². The summed E-state index contributed by atoms with van der Waals surface area (Å²) in [7, 11) is 0. The molecule has 2 rings (SSSR count). The lowest BCUT2D eigenvalue weighted by Gasteiger charge is -2.21. The molecule has 2 saturated heterocycles. The number of ether oxygens (including phenoxy) is 1. The molecule has 0 aromatic heterocycles. The number of hydrogen-bond acceptors (Lipinski definition) is 2. The van der Waals surface area contributed by atoms with E-state index in [2.05, 4.69) is 0 Å². The van der Waals surface area contributed by atoms with Crippen LogP contribution in [0.2, 0.25) is 0 Å². The molecule has 0 aromatic carbocycles. The maximum atomic E-state index is 12.8. The predicted octanol–water partition coefficient (Wildman–Crippen LogP) is 0.845. The van der Waals surface area contributed by atoms with Crippen LogP contribution in [0.3, 0.4) is 0 Å². The van der Waals surface area contributed by atoms with Gasteiger partial charge in [-0.25, -0.2) is 4.39 Å². The number of alkyl halides is 1. The Labute approximate surface area is 58.4 Å². The van der Waals surface area contributed by atoms with Crippen LogP contribution in [0.25, 0.3) is 0 Å². The first-order chi connectivity index (χ1) is 4.77. The third-order valence-corrected chi connectivity index (χ3v) is 2.20. The second kappa shape index (κ2) is 2.02. The molecule has 2 heterocycles. The zero-order chi connectivity index (χ0) is 7.14. The second-order valence-corrected chi connectivity index (χ2v) is 2.95. The third-order valence-electron chi connectivity index (χ3n) is 2.20. The standard InChI is InChI=1S/C7H9FO2/c8-7-5(9)3-4-1-2-6(7)10-4/h4,6-7H,1-3H2/t4-,6+,7?/m1/s1. The van der Waals surface area contributed by atoms with Gasteiger partial charge in [0.2, 0.25) is 0 Å². The van der Waals surface area contributed by atoms with Gasteiger partial charge in [-0.2, -0.15) is 0 Å². The van der Waals surface area contributed by atoms with E-state index in [0.29, 0.717) is 0 Å². The highest BCUT2D eigenvalue weighted by Crippen LogP contribution is 2.31. The van der Waals surface area contributed by atoms with Crippen molar-refractivity contribution in [3.63, 3.8) is 0 Å². The summed E-state index contributed by atoms with van der Waals surface area (Å²) in [5, 5.41) is 0. The van der Waals surface area contributed by atoms with Gasteiger partial charge < -0.3 is 4.74 Å². The summed E-state index contributed by atoms with van der Waals surface area (Å²) >= 11 is 0. The lowest BCUT2D eigenvalue weighted by Crippen LogP contribution is -2.36. The van der Waals surface area contributed by atoms with Crippen LogP contribution in [0.15, 0.2) is 0 Å². The van der Waals surface area contributed by atoms with Crippen LogP contribution in [-0.4, -0.2) is 24.2 Å². The molecule has 10 heavy (non-hydrogen) atoms. The first-order valence-corrected chi connectivity index (χ1v) is 3.59. The Hall–Kier alpha value is -0.440. The maximum absolute atomic E-state index is 12.8. The van der Waals surface area contributed by atoms with Crippen LogP contribution in [0.4, 0.5) is 4.39 Å². The van der Waals surface area contributed by atoms with E-state index in [1.54, 1.807) is 0 Å². The zero-order valence-electron chi connectivity index (χ0n) is 5.55. The molecule has 1 unspecified atom stereocenters. The van der Waals surface area contributed by atoms with E-state index in [-0.39, 0.29) is 18.3 Å². The Kier molecular flexibility index (Phi) is 1.27. The van der Waals surface area contributed by atoms with E-state index in [4.69, 9.17) is 4.74 Å². The van der Waals surface area contributed by atoms with Crippen molar-refractivity contribution in [2.45, 2.75) is 37.6 Å². The fraction of sp³-hybridized carbons (Fsp3) is 0.857. The minimum Gasteiger partial charge on any atom is -0.371 e. The minimum absolute atomic E-state index is 0.0319. The Morgan fingerprint density at radius 2 is 2.30 bits per heavy atom. The molecule has 2 aliphatic rings. The monoisotopic (exact) mass is 144 g/mol. The van der Waals surface area contributed by atoms with Gasteiger partial charge in [0.05, 0.1) is 12.2 Å². The number of ketones is 1. The molecule has 3 atom stereocenters.